The number of carbonyl (C=O) groups excluding carboxylic acids is 2. The number of ether oxygens (including phenoxy) is 1. The summed E-state index contributed by atoms with van der Waals surface area (Å²) in [6.45, 7) is 3.39. The second-order valence-electron chi connectivity index (χ2n) is 7.09. The minimum absolute atomic E-state index is 0.0552. The van der Waals surface area contributed by atoms with E-state index in [1.54, 1.807) is 13.8 Å². The average Bonchev–Trinajstić information content (AvgIpc) is 3.07. The lowest BCUT2D eigenvalue weighted by Gasteiger charge is -2.21. The molecular weight excluding hydrogens is 383 g/mol. The molecule has 0 bridgehead atoms. The second-order valence-corrected chi connectivity index (χ2v) is 7.09. The lowest BCUT2D eigenvalue weighted by Crippen LogP contribution is -2.46. The molecule has 152 valence electrons. The summed E-state index contributed by atoms with van der Waals surface area (Å²) in [6.07, 6.45) is 0. The fourth-order valence-corrected chi connectivity index (χ4v) is 2.99. The van der Waals surface area contributed by atoms with Crippen molar-refractivity contribution in [1.82, 2.24) is 5.32 Å². The van der Waals surface area contributed by atoms with Gasteiger partial charge in [-0.25, -0.2) is 13.6 Å². The normalized spacial score (nSPS) is 13.9. The molecule has 1 heterocycles. The maximum Gasteiger partial charge on any atom is 0.494 e. The van der Waals surface area contributed by atoms with Crippen molar-refractivity contribution in [2.45, 2.75) is 33.1 Å². The highest BCUT2D eigenvalue weighted by molar-refractivity contribution is 6.61. The Morgan fingerprint density at radius 3 is 2.55 bits per heavy atom. The summed E-state index contributed by atoms with van der Waals surface area (Å²) in [5.74, 6) is -3.11. The maximum absolute atomic E-state index is 14.7. The van der Waals surface area contributed by atoms with Gasteiger partial charge in [0.25, 0.3) is 5.91 Å². The molecule has 0 saturated heterocycles. The predicted octanol–water partition coefficient (Wildman–Crippen LogP) is 1.68. The molecule has 1 aliphatic heterocycles. The third-order valence-corrected chi connectivity index (χ3v) is 4.66. The van der Waals surface area contributed by atoms with Gasteiger partial charge in [0.2, 0.25) is 0 Å². The van der Waals surface area contributed by atoms with E-state index in [0.29, 0.717) is 11.1 Å². The molecule has 0 spiro atoms. The molecule has 2 N–H and O–H groups in total. The van der Waals surface area contributed by atoms with E-state index in [-0.39, 0.29) is 30.2 Å². The van der Waals surface area contributed by atoms with Gasteiger partial charge in [-0.1, -0.05) is 32.0 Å². The third kappa shape index (κ3) is 4.63. The molecule has 0 aromatic heterocycles. The van der Waals surface area contributed by atoms with Crippen molar-refractivity contribution in [2.75, 3.05) is 0 Å². The molecular formula is C20H20BF2NO5. The first-order valence-electron chi connectivity index (χ1n) is 9.10. The zero-order chi connectivity index (χ0) is 21.1. The van der Waals surface area contributed by atoms with Gasteiger partial charge in [0.05, 0.1) is 12.2 Å². The summed E-state index contributed by atoms with van der Waals surface area (Å²) in [5.41, 5.74) is 0.681. The Hall–Kier alpha value is -2.78. The molecule has 3 rings (SSSR count). The Labute approximate surface area is 167 Å². The molecule has 0 radical (unpaired) electrons. The molecule has 0 aliphatic carbocycles. The van der Waals surface area contributed by atoms with Gasteiger partial charge in [-0.05, 0) is 35.2 Å². The Morgan fingerprint density at radius 1 is 1.21 bits per heavy atom. The van der Waals surface area contributed by atoms with Gasteiger partial charge in [-0.15, -0.1) is 0 Å². The molecule has 9 heteroatoms. The van der Waals surface area contributed by atoms with E-state index in [2.05, 4.69) is 5.32 Å². The smallest absolute Gasteiger partial charge is 0.459 e. The molecule has 1 aliphatic rings. The quantitative estimate of drug-likeness (QED) is 0.567. The van der Waals surface area contributed by atoms with Crippen LogP contribution in [0.5, 0.6) is 0 Å². The van der Waals surface area contributed by atoms with Crippen molar-refractivity contribution < 1.29 is 32.8 Å². The van der Waals surface area contributed by atoms with Crippen molar-refractivity contribution in [3.63, 3.8) is 0 Å². The fourth-order valence-electron chi connectivity index (χ4n) is 2.99. The molecule has 29 heavy (non-hydrogen) atoms. The van der Waals surface area contributed by atoms with Crippen LogP contribution in [0.15, 0.2) is 36.4 Å². The summed E-state index contributed by atoms with van der Waals surface area (Å²) in [4.78, 5) is 25.0. The number of hydrogen-bond acceptors (Lipinski definition) is 5. The number of hydrogen-bond donors (Lipinski definition) is 2. The monoisotopic (exact) mass is 403 g/mol. The van der Waals surface area contributed by atoms with Gasteiger partial charge in [-0.2, -0.15) is 0 Å². The van der Waals surface area contributed by atoms with Crippen LogP contribution in [0.2, 0.25) is 0 Å². The molecule has 6 nitrogen and oxygen atoms in total. The predicted molar refractivity (Wildman–Crippen MR) is 101 cm³/mol. The first-order valence-corrected chi connectivity index (χ1v) is 9.10. The molecule has 0 saturated carbocycles. The Kier molecular flexibility index (Phi) is 6.29. The summed E-state index contributed by atoms with van der Waals surface area (Å²) in [5, 5.41) is 12.2. The largest absolute Gasteiger partial charge is 0.494 e. The Balaban J connectivity index is 1.70. The lowest BCUT2D eigenvalue weighted by molar-refractivity contribution is -0.148. The van der Waals surface area contributed by atoms with Crippen LogP contribution in [0.1, 0.15) is 35.3 Å². The van der Waals surface area contributed by atoms with Crippen LogP contribution < -0.4 is 10.8 Å². The number of rotatable bonds is 6. The van der Waals surface area contributed by atoms with Crippen LogP contribution in [0, 0.1) is 17.6 Å². The summed E-state index contributed by atoms with van der Waals surface area (Å²) in [6, 6.07) is 7.24. The number of nitrogens with one attached hydrogen (secondary N) is 1. The number of amides is 1. The number of fused-ring (bicyclic) bond motifs is 1. The van der Waals surface area contributed by atoms with Gasteiger partial charge in [0.1, 0.15) is 24.3 Å². The highest BCUT2D eigenvalue weighted by atomic mass is 19.1. The second kappa shape index (κ2) is 8.71. The zero-order valence-electron chi connectivity index (χ0n) is 15.9. The number of esters is 1. The van der Waals surface area contributed by atoms with Gasteiger partial charge in [0, 0.05) is 5.46 Å². The molecule has 2 aromatic rings. The minimum Gasteiger partial charge on any atom is -0.459 e. The van der Waals surface area contributed by atoms with Crippen LogP contribution in [-0.4, -0.2) is 30.1 Å². The van der Waals surface area contributed by atoms with E-state index in [0.717, 1.165) is 0 Å². The molecule has 1 unspecified atom stereocenters. The van der Waals surface area contributed by atoms with Crippen LogP contribution in [0.4, 0.5) is 8.78 Å². The number of halogens is 2. The topological polar surface area (TPSA) is 84.9 Å². The van der Waals surface area contributed by atoms with Crippen molar-refractivity contribution in [3.05, 3.63) is 64.7 Å². The first-order chi connectivity index (χ1) is 13.8. The fraction of sp³-hybridized carbons (Fsp3) is 0.300. The summed E-state index contributed by atoms with van der Waals surface area (Å²) < 4.78 is 37.8. The van der Waals surface area contributed by atoms with Gasteiger partial charge in [0.15, 0.2) is 0 Å². The first kappa shape index (κ1) is 20.9. The van der Waals surface area contributed by atoms with E-state index < -0.39 is 36.7 Å². The van der Waals surface area contributed by atoms with E-state index in [9.17, 15) is 23.4 Å². The van der Waals surface area contributed by atoms with Crippen molar-refractivity contribution in [1.29, 1.82) is 0 Å². The highest BCUT2D eigenvalue weighted by Crippen LogP contribution is 2.17. The van der Waals surface area contributed by atoms with Crippen LogP contribution in [0.3, 0.4) is 0 Å². The maximum atomic E-state index is 14.7. The Morgan fingerprint density at radius 2 is 1.90 bits per heavy atom. The number of benzene rings is 2. The highest BCUT2D eigenvalue weighted by Gasteiger charge is 2.34. The standard InChI is InChI=1S/C20H20BF2NO5/c1-11(2)18(20(26)28-9-12-3-6-14(22)7-4-12)24-19(25)15-8-5-13-10-29-21(27)16(13)17(15)23/h3-8,11,18,27H,9-10H2,1-2H3,(H,24,25). The molecule has 2 aromatic carbocycles. The Bertz CT molecular complexity index is 920. The van der Waals surface area contributed by atoms with Crippen LogP contribution >= 0.6 is 0 Å². The SMILES string of the molecule is CC(C)C(NC(=O)c1ccc2c(c1F)B(O)OC2)C(=O)OCc1ccc(F)cc1. The third-order valence-electron chi connectivity index (χ3n) is 4.66. The van der Waals surface area contributed by atoms with E-state index in [1.807, 2.05) is 0 Å². The van der Waals surface area contributed by atoms with Crippen molar-refractivity contribution in [2.24, 2.45) is 5.92 Å². The summed E-state index contributed by atoms with van der Waals surface area (Å²) in [7, 11) is -1.43. The van der Waals surface area contributed by atoms with Crippen molar-refractivity contribution >= 4 is 24.5 Å². The van der Waals surface area contributed by atoms with Crippen LogP contribution in [0.25, 0.3) is 0 Å². The molecule has 0 fully saturated rings. The lowest BCUT2D eigenvalue weighted by atomic mass is 9.78. The number of carbonyl (C=O) groups is 2. The van der Waals surface area contributed by atoms with E-state index >= 15 is 0 Å². The van der Waals surface area contributed by atoms with Gasteiger partial charge < -0.3 is 19.7 Å². The van der Waals surface area contributed by atoms with Gasteiger partial charge in [-0.3, -0.25) is 4.79 Å². The minimum atomic E-state index is -1.43. The van der Waals surface area contributed by atoms with Crippen LogP contribution in [-0.2, 0) is 27.4 Å². The molecule has 1 amide bonds. The van der Waals surface area contributed by atoms with Crippen molar-refractivity contribution in [3.8, 4) is 0 Å². The molecule has 1 atom stereocenters. The van der Waals surface area contributed by atoms with E-state index in [4.69, 9.17) is 9.39 Å². The summed E-state index contributed by atoms with van der Waals surface area (Å²) >= 11 is 0. The zero-order valence-corrected chi connectivity index (χ0v) is 15.9. The average molecular weight is 403 g/mol. The van der Waals surface area contributed by atoms with E-state index in [1.165, 1.54) is 36.4 Å². The van der Waals surface area contributed by atoms with Gasteiger partial charge >= 0.3 is 13.1 Å².